The van der Waals surface area contributed by atoms with E-state index < -0.39 is 8.10 Å². The third-order valence-electron chi connectivity index (χ3n) is 0.684. The largest absolute Gasteiger partial charge is 0.536 e. The van der Waals surface area contributed by atoms with Crippen molar-refractivity contribution in [3.05, 3.63) is 0 Å². The summed E-state index contributed by atoms with van der Waals surface area (Å²) in [5.74, 6) is 0. The van der Waals surface area contributed by atoms with Crippen LogP contribution in [0.25, 0.3) is 0 Å². The van der Waals surface area contributed by atoms with Gasteiger partial charge in [0.2, 0.25) is 0 Å². The maximum Gasteiger partial charge on any atom is 0.536 e. The summed E-state index contributed by atoms with van der Waals surface area (Å²) in [7, 11) is 5.88. The molecule has 0 aliphatic carbocycles. The zero-order valence-corrected chi connectivity index (χ0v) is 6.64. The lowest BCUT2D eigenvalue weighted by Crippen LogP contribution is -2.11. The zero-order chi connectivity index (χ0) is 6.73. The monoisotopic (exact) mass is 135 g/mol. The summed E-state index contributed by atoms with van der Waals surface area (Å²) in [4.78, 5) is 0. The molecular weight excluding hydrogens is 123 g/mol. The molecule has 0 atom stereocenters. The normalized spacial score (nSPS) is 10.8. The van der Waals surface area contributed by atoms with Crippen LogP contribution < -0.4 is 0 Å². The molecule has 0 amide bonds. The van der Waals surface area contributed by atoms with E-state index in [1.165, 1.54) is 0 Å². The molecule has 0 rings (SSSR count). The van der Waals surface area contributed by atoms with Gasteiger partial charge in [-0.3, -0.25) is 0 Å². The van der Waals surface area contributed by atoms with Gasteiger partial charge < -0.3 is 0 Å². The molecule has 0 saturated heterocycles. The molecule has 0 aromatic heterocycles. The Balaban J connectivity index is 3.65. The molecule has 0 unspecified atom stereocenters. The molecule has 0 bridgehead atoms. The third-order valence-corrected chi connectivity index (χ3v) is 2.05. The Morgan fingerprint density at radius 3 is 1.25 bits per heavy atom. The zero-order valence-electron chi connectivity index (χ0n) is 5.75. The number of nitrogens with zero attached hydrogens (tertiary/aromatic N) is 2. The highest BCUT2D eigenvalue weighted by Gasteiger charge is 2.21. The maximum absolute atomic E-state index is 10.8. The molecule has 0 fully saturated rings. The second kappa shape index (κ2) is 3.13. The van der Waals surface area contributed by atoms with Crippen LogP contribution in [0.1, 0.15) is 0 Å². The van der Waals surface area contributed by atoms with Gasteiger partial charge in [-0.15, -0.1) is 0 Å². The lowest BCUT2D eigenvalue weighted by Gasteiger charge is -1.97. The van der Waals surface area contributed by atoms with E-state index in [1.54, 1.807) is 37.5 Å². The van der Waals surface area contributed by atoms with Gasteiger partial charge >= 0.3 is 8.10 Å². The van der Waals surface area contributed by atoms with Crippen LogP contribution in [0.3, 0.4) is 0 Å². The van der Waals surface area contributed by atoms with Crippen LogP contribution in [0.4, 0.5) is 0 Å². The molecule has 0 saturated carbocycles. The Kier molecular flexibility index (Phi) is 3.13. The Labute approximate surface area is 51.2 Å². The molecule has 0 aliphatic heterocycles. The first kappa shape index (κ1) is 8.02. The minimum absolute atomic E-state index is 1.28. The summed E-state index contributed by atoms with van der Waals surface area (Å²) in [6.07, 6.45) is 0. The average molecular weight is 135 g/mol. The highest BCUT2D eigenvalue weighted by molar-refractivity contribution is 7.39. The van der Waals surface area contributed by atoms with Crippen LogP contribution in [0.5, 0.6) is 0 Å². The van der Waals surface area contributed by atoms with Gasteiger partial charge in [0.1, 0.15) is 0 Å². The number of hydrogen-bond acceptors (Lipinski definition) is 1. The lowest BCUT2D eigenvalue weighted by atomic mass is 11.3. The van der Waals surface area contributed by atoms with Crippen molar-refractivity contribution in [1.82, 2.24) is 9.34 Å². The van der Waals surface area contributed by atoms with Gasteiger partial charge in [-0.2, -0.15) is 0 Å². The number of rotatable bonds is 2. The van der Waals surface area contributed by atoms with Crippen LogP contribution in [0.2, 0.25) is 0 Å². The molecule has 0 radical (unpaired) electrons. The van der Waals surface area contributed by atoms with Crippen molar-refractivity contribution in [2.75, 3.05) is 28.2 Å². The molecule has 0 aliphatic rings. The van der Waals surface area contributed by atoms with E-state index in [9.17, 15) is 4.57 Å². The van der Waals surface area contributed by atoms with Gasteiger partial charge in [-0.05, 0) is 4.57 Å². The molecule has 3 nitrogen and oxygen atoms in total. The fraction of sp³-hybridized carbons (Fsp3) is 1.00. The topological polar surface area (TPSA) is 23.6 Å². The van der Waals surface area contributed by atoms with E-state index in [-0.39, 0.29) is 0 Å². The first-order valence-electron chi connectivity index (χ1n) is 2.37. The number of hydrogen-bond donors (Lipinski definition) is 0. The van der Waals surface area contributed by atoms with E-state index >= 15 is 0 Å². The van der Waals surface area contributed by atoms with Crippen LogP contribution in [0, 0.1) is 0 Å². The van der Waals surface area contributed by atoms with Crippen LogP contribution in [-0.2, 0) is 4.57 Å². The Morgan fingerprint density at radius 1 is 1.00 bits per heavy atom. The van der Waals surface area contributed by atoms with Gasteiger partial charge in [0.15, 0.2) is 0 Å². The van der Waals surface area contributed by atoms with E-state index in [1.807, 2.05) is 0 Å². The standard InChI is InChI=1S/C4H12N2OP/c1-5(2)8(7)6(3)4/h1-4H3/q+1. The molecule has 4 heteroatoms. The summed E-state index contributed by atoms with van der Waals surface area (Å²) in [5.41, 5.74) is 0. The quantitative estimate of drug-likeness (QED) is 0.522. The second-order valence-corrected chi connectivity index (χ2v) is 4.05. The van der Waals surface area contributed by atoms with Crippen molar-refractivity contribution >= 4 is 8.10 Å². The summed E-state index contributed by atoms with van der Waals surface area (Å²) in [6, 6.07) is 0. The minimum atomic E-state index is -1.28. The van der Waals surface area contributed by atoms with Gasteiger partial charge in [0.25, 0.3) is 0 Å². The second-order valence-electron chi connectivity index (χ2n) is 1.95. The maximum atomic E-state index is 10.8. The van der Waals surface area contributed by atoms with Gasteiger partial charge in [0.05, 0.1) is 0 Å². The predicted molar refractivity (Wildman–Crippen MR) is 35.0 cm³/mol. The van der Waals surface area contributed by atoms with Gasteiger partial charge in [-0.1, -0.05) is 9.34 Å². The smallest absolute Gasteiger partial charge is 0.0851 e. The minimum Gasteiger partial charge on any atom is -0.0851 e. The van der Waals surface area contributed by atoms with E-state index in [4.69, 9.17) is 0 Å². The first-order valence-corrected chi connectivity index (χ1v) is 3.54. The molecule has 0 N–H and O–H groups in total. The Hall–Kier alpha value is 0.0200. The molecule has 48 valence electrons. The molecule has 0 heterocycles. The van der Waals surface area contributed by atoms with Crippen molar-refractivity contribution in [3.63, 3.8) is 0 Å². The van der Waals surface area contributed by atoms with E-state index in [0.29, 0.717) is 0 Å². The summed E-state index contributed by atoms with van der Waals surface area (Å²) in [5, 5.41) is 0. The highest BCUT2D eigenvalue weighted by Crippen LogP contribution is 2.23. The molecular formula is C4H12N2OP+. The molecule has 0 aromatic carbocycles. The summed E-state index contributed by atoms with van der Waals surface area (Å²) in [6.45, 7) is 0. The fourth-order valence-corrected chi connectivity index (χ4v) is 1.07. The first-order chi connectivity index (χ1) is 3.55. The predicted octanol–water partition coefficient (Wildman–Crippen LogP) is 0.767. The summed E-state index contributed by atoms with van der Waals surface area (Å²) < 4.78 is 14.2. The molecule has 0 spiro atoms. The van der Waals surface area contributed by atoms with Crippen molar-refractivity contribution in [1.29, 1.82) is 0 Å². The lowest BCUT2D eigenvalue weighted by molar-refractivity contribution is 0.474. The molecule has 8 heavy (non-hydrogen) atoms. The van der Waals surface area contributed by atoms with Crippen LogP contribution in [-0.4, -0.2) is 37.5 Å². The fourth-order valence-electron chi connectivity index (χ4n) is 0.358. The van der Waals surface area contributed by atoms with Crippen LogP contribution in [0.15, 0.2) is 0 Å². The van der Waals surface area contributed by atoms with Crippen LogP contribution >= 0.6 is 8.10 Å². The van der Waals surface area contributed by atoms with Gasteiger partial charge in [0, 0.05) is 28.2 Å². The highest BCUT2D eigenvalue weighted by atomic mass is 31.1. The van der Waals surface area contributed by atoms with Crippen molar-refractivity contribution in [2.45, 2.75) is 0 Å². The Morgan fingerprint density at radius 2 is 1.25 bits per heavy atom. The third kappa shape index (κ3) is 2.36. The van der Waals surface area contributed by atoms with E-state index in [2.05, 4.69) is 0 Å². The Bertz CT molecular complexity index is 82.0. The SMILES string of the molecule is CN(C)[P+](=O)N(C)C. The van der Waals surface area contributed by atoms with Crippen molar-refractivity contribution in [3.8, 4) is 0 Å². The van der Waals surface area contributed by atoms with Crippen molar-refractivity contribution < 1.29 is 4.57 Å². The summed E-state index contributed by atoms with van der Waals surface area (Å²) >= 11 is 0. The van der Waals surface area contributed by atoms with Gasteiger partial charge in [-0.25, -0.2) is 0 Å². The average Bonchev–Trinajstić information content (AvgIpc) is 1.64. The van der Waals surface area contributed by atoms with Crippen molar-refractivity contribution in [2.24, 2.45) is 0 Å². The van der Waals surface area contributed by atoms with E-state index in [0.717, 1.165) is 0 Å². The molecule has 0 aromatic rings.